The van der Waals surface area contributed by atoms with Gasteiger partial charge in [-0.15, -0.1) is 0 Å². The zero-order valence-electron chi connectivity index (χ0n) is 12.7. The van der Waals surface area contributed by atoms with Gasteiger partial charge in [0.25, 0.3) is 10.1 Å². The first-order valence-electron chi connectivity index (χ1n) is 7.05. The first kappa shape index (κ1) is 17.7. The minimum atomic E-state index is -3.85. The molecule has 2 rings (SSSR count). The molecule has 0 N–H and O–H groups in total. The van der Waals surface area contributed by atoms with Crippen molar-refractivity contribution in [2.75, 3.05) is 12.4 Å². The van der Waals surface area contributed by atoms with Crippen LogP contribution in [0, 0.1) is 6.92 Å². The van der Waals surface area contributed by atoms with Gasteiger partial charge < -0.3 is 0 Å². The zero-order valence-corrected chi connectivity index (χ0v) is 14.3. The van der Waals surface area contributed by atoms with Crippen molar-refractivity contribution in [1.82, 2.24) is 0 Å². The quantitative estimate of drug-likeness (QED) is 0.564. The lowest BCUT2D eigenvalue weighted by molar-refractivity contribution is 0.318. The van der Waals surface area contributed by atoms with Crippen LogP contribution in [-0.2, 0) is 24.1 Å². The molecule has 5 nitrogen and oxygen atoms in total. The number of benzene rings is 2. The van der Waals surface area contributed by atoms with Crippen LogP contribution in [0.25, 0.3) is 0 Å². The molecule has 23 heavy (non-hydrogen) atoms. The summed E-state index contributed by atoms with van der Waals surface area (Å²) in [4.78, 5) is 0.287. The molecule has 2 aromatic carbocycles. The summed E-state index contributed by atoms with van der Waals surface area (Å²) in [5.41, 5.74) is 0.943. The van der Waals surface area contributed by atoms with Gasteiger partial charge in [-0.1, -0.05) is 35.9 Å². The molecule has 0 aliphatic heterocycles. The number of sulfone groups is 1. The van der Waals surface area contributed by atoms with E-state index in [1.165, 1.54) is 24.3 Å². The van der Waals surface area contributed by atoms with E-state index < -0.39 is 20.0 Å². The fourth-order valence-corrected chi connectivity index (χ4v) is 4.18. The third-order valence-electron chi connectivity index (χ3n) is 3.21. The van der Waals surface area contributed by atoms with Crippen LogP contribution < -0.4 is 0 Å². The van der Waals surface area contributed by atoms with E-state index in [-0.39, 0.29) is 28.6 Å². The molecule has 0 heterocycles. The lowest BCUT2D eigenvalue weighted by Gasteiger charge is -2.07. The Bertz CT molecular complexity index is 839. The molecule has 0 amide bonds. The Kier molecular flexibility index (Phi) is 5.56. The van der Waals surface area contributed by atoms with Gasteiger partial charge >= 0.3 is 0 Å². The van der Waals surface area contributed by atoms with Crippen LogP contribution in [0.5, 0.6) is 0 Å². The van der Waals surface area contributed by atoms with Gasteiger partial charge in [-0.05, 0) is 37.6 Å². The molecule has 2 aromatic rings. The zero-order chi connectivity index (χ0) is 16.9. The molecule has 0 aliphatic carbocycles. The molecule has 0 radical (unpaired) electrons. The second-order valence-electron chi connectivity index (χ2n) is 5.07. The van der Waals surface area contributed by atoms with E-state index in [0.717, 1.165) is 5.56 Å². The summed E-state index contributed by atoms with van der Waals surface area (Å²) < 4.78 is 52.9. The van der Waals surface area contributed by atoms with Gasteiger partial charge in [-0.3, -0.25) is 4.18 Å². The lowest BCUT2D eigenvalue weighted by atomic mass is 10.2. The molecule has 0 bridgehead atoms. The lowest BCUT2D eigenvalue weighted by Crippen LogP contribution is -2.12. The van der Waals surface area contributed by atoms with E-state index in [0.29, 0.717) is 0 Å². The second-order valence-corrected chi connectivity index (χ2v) is 8.80. The Hall–Kier alpha value is -1.70. The normalized spacial score (nSPS) is 12.2. The van der Waals surface area contributed by atoms with Crippen LogP contribution in [-0.4, -0.2) is 29.2 Å². The summed E-state index contributed by atoms with van der Waals surface area (Å²) in [6, 6.07) is 14.3. The van der Waals surface area contributed by atoms with E-state index in [1.54, 1.807) is 30.3 Å². The third-order valence-corrected chi connectivity index (χ3v) is 6.35. The highest BCUT2D eigenvalue weighted by Crippen LogP contribution is 2.15. The molecule has 0 aromatic heterocycles. The van der Waals surface area contributed by atoms with E-state index in [1.807, 2.05) is 6.92 Å². The Morgan fingerprint density at radius 2 is 1.43 bits per heavy atom. The Morgan fingerprint density at radius 3 is 2.04 bits per heavy atom. The van der Waals surface area contributed by atoms with Gasteiger partial charge in [-0.2, -0.15) is 8.42 Å². The van der Waals surface area contributed by atoms with Crippen LogP contribution in [0.3, 0.4) is 0 Å². The maximum atomic E-state index is 12.1. The summed E-state index contributed by atoms with van der Waals surface area (Å²) in [6.07, 6.45) is 0.0995. The van der Waals surface area contributed by atoms with E-state index in [9.17, 15) is 16.8 Å². The van der Waals surface area contributed by atoms with Crippen molar-refractivity contribution < 1.29 is 21.0 Å². The summed E-state index contributed by atoms with van der Waals surface area (Å²) in [5, 5.41) is 0. The Morgan fingerprint density at radius 1 is 0.826 bits per heavy atom. The van der Waals surface area contributed by atoms with Gasteiger partial charge in [0.1, 0.15) is 0 Å². The van der Waals surface area contributed by atoms with E-state index >= 15 is 0 Å². The molecule has 0 saturated heterocycles. The molecule has 7 heteroatoms. The van der Waals surface area contributed by atoms with Crippen molar-refractivity contribution in [1.29, 1.82) is 0 Å². The molecule has 0 saturated carbocycles. The first-order valence-corrected chi connectivity index (χ1v) is 10.1. The highest BCUT2D eigenvalue weighted by Gasteiger charge is 2.17. The number of hydrogen-bond donors (Lipinski definition) is 0. The highest BCUT2D eigenvalue weighted by atomic mass is 32.2. The fraction of sp³-hybridized carbons (Fsp3) is 0.250. The molecule has 0 atom stereocenters. The van der Waals surface area contributed by atoms with E-state index in [4.69, 9.17) is 4.18 Å². The average molecular weight is 354 g/mol. The van der Waals surface area contributed by atoms with Crippen molar-refractivity contribution in [3.05, 3.63) is 60.2 Å². The second kappa shape index (κ2) is 7.25. The summed E-state index contributed by atoms with van der Waals surface area (Å²) in [6.45, 7) is 1.67. The van der Waals surface area contributed by atoms with Gasteiger partial charge in [0.05, 0.1) is 22.2 Å². The third kappa shape index (κ3) is 4.89. The Balaban J connectivity index is 1.91. The minimum absolute atomic E-state index is 0.0639. The van der Waals surface area contributed by atoms with Gasteiger partial charge in [-0.25, -0.2) is 8.42 Å². The predicted octanol–water partition coefficient (Wildman–Crippen LogP) is 2.56. The number of aryl methyl sites for hydroxylation is 1. The van der Waals surface area contributed by atoms with Crippen molar-refractivity contribution >= 4 is 20.0 Å². The predicted molar refractivity (Wildman–Crippen MR) is 87.4 cm³/mol. The highest BCUT2D eigenvalue weighted by molar-refractivity contribution is 7.91. The molecule has 0 spiro atoms. The molecule has 0 aliphatic rings. The Labute approximate surface area is 137 Å². The SMILES string of the molecule is Cc1ccc(S(=O)(=O)OCCCS(=O)(=O)c2ccccc2)cc1. The van der Waals surface area contributed by atoms with Gasteiger partial charge in [0.15, 0.2) is 9.84 Å². The van der Waals surface area contributed by atoms with Crippen LogP contribution >= 0.6 is 0 Å². The molecule has 124 valence electrons. The van der Waals surface area contributed by atoms with Gasteiger partial charge in [0, 0.05) is 0 Å². The fourth-order valence-electron chi connectivity index (χ4n) is 1.94. The molecule has 0 unspecified atom stereocenters. The monoisotopic (exact) mass is 354 g/mol. The standard InChI is InChI=1S/C16H18O5S2/c1-14-8-10-16(11-9-14)23(19,20)21-12-5-13-22(17,18)15-6-3-2-4-7-15/h2-4,6-11H,5,12-13H2,1H3. The van der Waals surface area contributed by atoms with Crippen LogP contribution in [0.4, 0.5) is 0 Å². The molecule has 0 fully saturated rings. The smallest absolute Gasteiger partial charge is 0.266 e. The van der Waals surface area contributed by atoms with Gasteiger partial charge in [0.2, 0.25) is 0 Å². The minimum Gasteiger partial charge on any atom is -0.266 e. The van der Waals surface area contributed by atoms with Crippen molar-refractivity contribution in [2.24, 2.45) is 0 Å². The largest absolute Gasteiger partial charge is 0.296 e. The molecular formula is C16H18O5S2. The maximum absolute atomic E-state index is 12.1. The van der Waals surface area contributed by atoms with Crippen molar-refractivity contribution in [3.8, 4) is 0 Å². The molecular weight excluding hydrogens is 336 g/mol. The van der Waals surface area contributed by atoms with Crippen LogP contribution in [0.2, 0.25) is 0 Å². The van der Waals surface area contributed by atoms with Crippen LogP contribution in [0.15, 0.2) is 64.4 Å². The number of hydrogen-bond acceptors (Lipinski definition) is 5. The first-order chi connectivity index (χ1) is 10.8. The van der Waals surface area contributed by atoms with E-state index in [2.05, 4.69) is 0 Å². The topological polar surface area (TPSA) is 77.5 Å². The summed E-state index contributed by atoms with van der Waals surface area (Å²) in [7, 11) is -7.28. The summed E-state index contributed by atoms with van der Waals surface area (Å²) in [5.74, 6) is -0.166. The van der Waals surface area contributed by atoms with Crippen molar-refractivity contribution in [3.63, 3.8) is 0 Å². The van der Waals surface area contributed by atoms with Crippen LogP contribution in [0.1, 0.15) is 12.0 Å². The number of rotatable bonds is 7. The average Bonchev–Trinajstić information content (AvgIpc) is 2.53. The van der Waals surface area contributed by atoms with Crippen molar-refractivity contribution in [2.45, 2.75) is 23.1 Å². The maximum Gasteiger partial charge on any atom is 0.296 e. The summed E-state index contributed by atoms with van der Waals surface area (Å²) >= 11 is 0.